The minimum Gasteiger partial charge on any atom is -0.483 e. The Labute approximate surface area is 168 Å². The smallest absolute Gasteiger partial charge is 0.338 e. The summed E-state index contributed by atoms with van der Waals surface area (Å²) in [5, 5.41) is -0.0147. The summed E-state index contributed by atoms with van der Waals surface area (Å²) in [6, 6.07) is 8.27. The van der Waals surface area contributed by atoms with E-state index in [0.29, 0.717) is 11.1 Å². The molecule has 0 spiro atoms. The predicted octanol–water partition coefficient (Wildman–Crippen LogP) is 2.77. The first-order chi connectivity index (χ1) is 13.9. The normalized spacial score (nSPS) is 12.3. The molecule has 2 aromatic carbocycles. The van der Waals surface area contributed by atoms with Gasteiger partial charge in [0.05, 0.1) is 10.6 Å². The Bertz CT molecular complexity index is 966. The summed E-state index contributed by atoms with van der Waals surface area (Å²) < 4.78 is 35.0. The molecule has 7 nitrogen and oxygen atoms in total. The van der Waals surface area contributed by atoms with Gasteiger partial charge in [0.25, 0.3) is 11.8 Å². The van der Waals surface area contributed by atoms with E-state index in [4.69, 9.17) is 21.1 Å². The molecule has 1 aliphatic heterocycles. The van der Waals surface area contributed by atoms with E-state index in [0.717, 1.165) is 0 Å². The van der Waals surface area contributed by atoms with Gasteiger partial charge in [-0.3, -0.25) is 20.4 Å². The summed E-state index contributed by atoms with van der Waals surface area (Å²) in [4.78, 5) is 35.8. The van der Waals surface area contributed by atoms with Crippen molar-refractivity contribution in [3.63, 3.8) is 0 Å². The molecule has 0 radical (unpaired) electrons. The van der Waals surface area contributed by atoms with E-state index in [1.807, 2.05) is 0 Å². The van der Waals surface area contributed by atoms with Crippen molar-refractivity contribution in [1.29, 1.82) is 0 Å². The number of rotatable bonds is 6. The topological polar surface area (TPSA) is 93.7 Å². The third-order valence-electron chi connectivity index (χ3n) is 4.07. The average Bonchev–Trinajstić information content (AvgIpc) is 3.11. The number of nitrogens with one attached hydrogen (secondary N) is 2. The molecule has 10 heteroatoms. The molecule has 0 unspecified atom stereocenters. The summed E-state index contributed by atoms with van der Waals surface area (Å²) in [5.41, 5.74) is 5.77. The van der Waals surface area contributed by atoms with E-state index in [1.54, 1.807) is 0 Å². The van der Waals surface area contributed by atoms with Crippen LogP contribution in [0.25, 0.3) is 0 Å². The largest absolute Gasteiger partial charge is 0.483 e. The van der Waals surface area contributed by atoms with Gasteiger partial charge in [0, 0.05) is 16.7 Å². The Morgan fingerprint density at radius 3 is 2.31 bits per heavy atom. The summed E-state index contributed by atoms with van der Waals surface area (Å²) in [6.45, 7) is -1.96. The zero-order valence-electron chi connectivity index (χ0n) is 14.8. The van der Waals surface area contributed by atoms with Gasteiger partial charge in [0.1, 0.15) is 25.7 Å². The average molecular weight is 425 g/mol. The predicted molar refractivity (Wildman–Crippen MR) is 98.3 cm³/mol. The Morgan fingerprint density at radius 2 is 1.69 bits per heavy atom. The quantitative estimate of drug-likeness (QED) is 0.549. The molecule has 0 bridgehead atoms. The van der Waals surface area contributed by atoms with Crippen molar-refractivity contribution in [2.75, 3.05) is 13.3 Å². The molecule has 1 aliphatic rings. The molecule has 0 saturated heterocycles. The fourth-order valence-corrected chi connectivity index (χ4v) is 2.78. The Balaban J connectivity index is 1.61. The number of hydrazine groups is 1. The van der Waals surface area contributed by atoms with Gasteiger partial charge in [-0.05, 0) is 36.4 Å². The van der Waals surface area contributed by atoms with Crippen molar-refractivity contribution in [1.82, 2.24) is 10.9 Å². The molecule has 0 aromatic heterocycles. The summed E-state index contributed by atoms with van der Waals surface area (Å²) in [7, 11) is 0. The second kappa shape index (κ2) is 8.87. The monoisotopic (exact) mass is 424 g/mol. The van der Waals surface area contributed by atoms with Crippen LogP contribution in [0.2, 0.25) is 5.02 Å². The lowest BCUT2D eigenvalue weighted by Gasteiger charge is -2.14. The summed E-state index contributed by atoms with van der Waals surface area (Å²) >= 11 is 5.98. The van der Waals surface area contributed by atoms with Crippen molar-refractivity contribution >= 4 is 29.4 Å². The highest BCUT2D eigenvalue weighted by Crippen LogP contribution is 2.26. The number of ether oxygens (including phenoxy) is 2. The van der Waals surface area contributed by atoms with E-state index < -0.39 is 37.2 Å². The lowest BCUT2D eigenvalue weighted by atomic mass is 10.1. The molecule has 0 fully saturated rings. The number of hydrogen-bond acceptors (Lipinski definition) is 5. The highest BCUT2D eigenvalue weighted by atomic mass is 35.5. The van der Waals surface area contributed by atoms with Crippen LogP contribution in [0.15, 0.2) is 36.4 Å². The first-order valence-electron chi connectivity index (χ1n) is 8.41. The van der Waals surface area contributed by atoms with Gasteiger partial charge in [0.15, 0.2) is 6.10 Å². The molecule has 2 N–H and O–H groups in total. The number of carbonyl (C=O) groups is 3. The molecule has 29 heavy (non-hydrogen) atoms. The van der Waals surface area contributed by atoms with Crippen LogP contribution in [0.3, 0.4) is 0 Å². The molecular weight excluding hydrogens is 410 g/mol. The summed E-state index contributed by atoms with van der Waals surface area (Å²) in [5.74, 6) is -1.68. The van der Waals surface area contributed by atoms with Crippen LogP contribution < -0.4 is 15.6 Å². The number of esters is 1. The minimum atomic E-state index is -1.28. The number of alkyl halides is 2. The van der Waals surface area contributed by atoms with Crippen LogP contribution in [-0.2, 0) is 11.3 Å². The molecule has 1 heterocycles. The number of amides is 2. The van der Waals surface area contributed by atoms with Crippen LogP contribution in [-0.4, -0.2) is 37.2 Å². The second-order valence-corrected chi connectivity index (χ2v) is 6.46. The first kappa shape index (κ1) is 20.5. The zero-order chi connectivity index (χ0) is 21.0. The molecule has 0 saturated carbocycles. The third kappa shape index (κ3) is 4.62. The maximum Gasteiger partial charge on any atom is 0.338 e. The fraction of sp³-hybridized carbons (Fsp3) is 0.211. The van der Waals surface area contributed by atoms with Crippen LogP contribution in [0.1, 0.15) is 36.6 Å². The SMILES string of the molecule is O=C(NNC(=O)c1ccc2c(c1)COC2=O)c1ccc(OC(CF)CF)c(Cl)c1. The van der Waals surface area contributed by atoms with Crippen molar-refractivity contribution < 1.29 is 32.6 Å². The van der Waals surface area contributed by atoms with Gasteiger partial charge in [-0.1, -0.05) is 11.6 Å². The zero-order valence-corrected chi connectivity index (χ0v) is 15.6. The molecule has 152 valence electrons. The lowest BCUT2D eigenvalue weighted by Crippen LogP contribution is -2.41. The van der Waals surface area contributed by atoms with Gasteiger partial charge in [-0.2, -0.15) is 0 Å². The lowest BCUT2D eigenvalue weighted by molar-refractivity contribution is 0.0535. The second-order valence-electron chi connectivity index (χ2n) is 6.05. The Morgan fingerprint density at radius 1 is 1.07 bits per heavy atom. The molecule has 0 aliphatic carbocycles. The number of halogens is 3. The number of fused-ring (bicyclic) bond motifs is 1. The van der Waals surface area contributed by atoms with Crippen LogP contribution >= 0.6 is 11.6 Å². The van der Waals surface area contributed by atoms with Gasteiger partial charge >= 0.3 is 5.97 Å². The Kier molecular flexibility index (Phi) is 6.28. The molecule has 0 atom stereocenters. The number of hydrogen-bond donors (Lipinski definition) is 2. The summed E-state index contributed by atoms with van der Waals surface area (Å²) in [6.07, 6.45) is -1.28. The van der Waals surface area contributed by atoms with Crippen molar-refractivity contribution in [2.24, 2.45) is 0 Å². The van der Waals surface area contributed by atoms with Gasteiger partial charge < -0.3 is 9.47 Å². The standard InChI is InChI=1S/C19H15ClF2N2O5/c20-15-6-11(2-4-16(15)29-13(7-21)8-22)18(26)24-23-17(25)10-1-3-14-12(5-10)9-28-19(14)27/h1-6,13H,7-9H2,(H,23,25)(H,24,26). The number of cyclic esters (lactones) is 1. The van der Waals surface area contributed by atoms with E-state index in [-0.39, 0.29) is 28.5 Å². The fourth-order valence-electron chi connectivity index (χ4n) is 2.55. The van der Waals surface area contributed by atoms with Crippen LogP contribution in [0.4, 0.5) is 8.78 Å². The van der Waals surface area contributed by atoms with Gasteiger partial charge in [-0.25, -0.2) is 13.6 Å². The van der Waals surface area contributed by atoms with E-state index in [2.05, 4.69) is 10.9 Å². The molecule has 3 rings (SSSR count). The van der Waals surface area contributed by atoms with Crippen LogP contribution in [0, 0.1) is 0 Å². The van der Waals surface area contributed by atoms with Crippen molar-refractivity contribution in [3.05, 3.63) is 63.7 Å². The highest BCUT2D eigenvalue weighted by Gasteiger charge is 2.22. The first-order valence-corrected chi connectivity index (χ1v) is 8.79. The number of benzene rings is 2. The van der Waals surface area contributed by atoms with Crippen molar-refractivity contribution in [2.45, 2.75) is 12.7 Å². The molecular formula is C19H15ClF2N2O5. The number of carbonyl (C=O) groups excluding carboxylic acids is 3. The van der Waals surface area contributed by atoms with Crippen molar-refractivity contribution in [3.8, 4) is 5.75 Å². The maximum absolute atomic E-state index is 12.6. The highest BCUT2D eigenvalue weighted by molar-refractivity contribution is 6.32. The van der Waals surface area contributed by atoms with E-state index in [9.17, 15) is 23.2 Å². The van der Waals surface area contributed by atoms with Gasteiger partial charge in [-0.15, -0.1) is 0 Å². The van der Waals surface area contributed by atoms with E-state index >= 15 is 0 Å². The van der Waals surface area contributed by atoms with E-state index in [1.165, 1.54) is 36.4 Å². The maximum atomic E-state index is 12.6. The Hall–Kier alpha value is -3.20. The molecule has 2 aromatic rings. The van der Waals surface area contributed by atoms with Gasteiger partial charge in [0.2, 0.25) is 0 Å². The molecule has 2 amide bonds. The minimum absolute atomic E-state index is 0.0147. The third-order valence-corrected chi connectivity index (χ3v) is 4.36. The van der Waals surface area contributed by atoms with Crippen LogP contribution in [0.5, 0.6) is 5.75 Å².